The number of ketones is 1. The molecule has 0 aliphatic carbocycles. The van der Waals surface area contributed by atoms with Crippen LogP contribution < -0.4 is 0 Å². The Bertz CT molecular complexity index is 228. The van der Waals surface area contributed by atoms with Gasteiger partial charge < -0.3 is 4.79 Å². The molecule has 1 heteroatoms. The van der Waals surface area contributed by atoms with E-state index in [1.807, 2.05) is 0 Å². The highest BCUT2D eigenvalue weighted by Crippen LogP contribution is 2.22. The third-order valence-corrected chi connectivity index (χ3v) is 5.01. The summed E-state index contributed by atoms with van der Waals surface area (Å²) in [5, 5.41) is 0. The van der Waals surface area contributed by atoms with Crippen molar-refractivity contribution in [1.82, 2.24) is 0 Å². The second kappa shape index (κ2) is 18.0. The summed E-state index contributed by atoms with van der Waals surface area (Å²) in [5.41, 5.74) is 0. The maximum absolute atomic E-state index is 11.5. The lowest BCUT2D eigenvalue weighted by molar-refractivity contribution is -0.118. The first-order chi connectivity index (χ1) is 11.2. The second-order valence-corrected chi connectivity index (χ2v) is 7.59. The molecule has 0 bridgehead atoms. The number of Topliss-reactive ketones (excluding diaryl/α,β-unsaturated/α-hetero) is 1. The van der Waals surface area contributed by atoms with Crippen molar-refractivity contribution in [3.63, 3.8) is 0 Å². The van der Waals surface area contributed by atoms with Crippen LogP contribution in [0.3, 0.4) is 0 Å². The Labute approximate surface area is 147 Å². The summed E-state index contributed by atoms with van der Waals surface area (Å²) in [6.45, 7) is 6.31. The standard InChI is InChI=1S/C22H44O/c1-4-6-8-10-12-14-16-18-22(20-21(3)23)19-17-15-13-11-9-7-5-2/h22H,4-20H2,1-3H3. The van der Waals surface area contributed by atoms with E-state index >= 15 is 0 Å². The first-order valence-corrected chi connectivity index (χ1v) is 10.7. The van der Waals surface area contributed by atoms with E-state index in [9.17, 15) is 4.79 Å². The SMILES string of the molecule is CCCCCCCCCC(CCCCCCCCC)CC(C)=O. The van der Waals surface area contributed by atoms with Crippen molar-refractivity contribution < 1.29 is 4.79 Å². The van der Waals surface area contributed by atoms with E-state index in [-0.39, 0.29) is 0 Å². The van der Waals surface area contributed by atoms with Gasteiger partial charge in [-0.3, -0.25) is 0 Å². The molecule has 0 fully saturated rings. The zero-order chi connectivity index (χ0) is 17.2. The van der Waals surface area contributed by atoms with Gasteiger partial charge in [0.05, 0.1) is 0 Å². The molecule has 0 aliphatic heterocycles. The van der Waals surface area contributed by atoms with E-state index in [4.69, 9.17) is 0 Å². The van der Waals surface area contributed by atoms with Gasteiger partial charge in [0.15, 0.2) is 0 Å². The summed E-state index contributed by atoms with van der Waals surface area (Å²) < 4.78 is 0. The zero-order valence-electron chi connectivity index (χ0n) is 16.5. The van der Waals surface area contributed by atoms with Crippen LogP contribution in [-0.4, -0.2) is 5.78 Å². The first kappa shape index (κ1) is 22.7. The third-order valence-electron chi connectivity index (χ3n) is 5.01. The highest BCUT2D eigenvalue weighted by atomic mass is 16.1. The Morgan fingerprint density at radius 1 is 0.609 bits per heavy atom. The van der Waals surface area contributed by atoms with Gasteiger partial charge >= 0.3 is 0 Å². The van der Waals surface area contributed by atoms with Crippen molar-refractivity contribution in [1.29, 1.82) is 0 Å². The van der Waals surface area contributed by atoms with Gasteiger partial charge in [-0.25, -0.2) is 0 Å². The van der Waals surface area contributed by atoms with Crippen LogP contribution in [0.1, 0.15) is 130 Å². The Morgan fingerprint density at radius 2 is 0.957 bits per heavy atom. The van der Waals surface area contributed by atoms with Crippen LogP contribution in [0.25, 0.3) is 0 Å². The summed E-state index contributed by atoms with van der Waals surface area (Å²) in [5.74, 6) is 1.06. The van der Waals surface area contributed by atoms with E-state index in [1.165, 1.54) is 103 Å². The van der Waals surface area contributed by atoms with E-state index < -0.39 is 0 Å². The monoisotopic (exact) mass is 324 g/mol. The Morgan fingerprint density at radius 3 is 1.30 bits per heavy atom. The second-order valence-electron chi connectivity index (χ2n) is 7.59. The molecular formula is C22H44O. The summed E-state index contributed by atoms with van der Waals surface area (Å²) in [6.07, 6.45) is 22.7. The molecule has 0 spiro atoms. The van der Waals surface area contributed by atoms with Gasteiger partial charge in [-0.05, 0) is 12.8 Å². The summed E-state index contributed by atoms with van der Waals surface area (Å²) in [6, 6.07) is 0. The van der Waals surface area contributed by atoms with Gasteiger partial charge in [0.25, 0.3) is 0 Å². The molecule has 0 rings (SSSR count). The van der Waals surface area contributed by atoms with Crippen molar-refractivity contribution in [3.8, 4) is 0 Å². The lowest BCUT2D eigenvalue weighted by Gasteiger charge is -2.15. The molecule has 0 saturated carbocycles. The molecule has 0 N–H and O–H groups in total. The number of carbonyl (C=O) groups excluding carboxylic acids is 1. The molecule has 0 aromatic rings. The average Bonchev–Trinajstić information content (AvgIpc) is 2.52. The number of carbonyl (C=O) groups is 1. The molecule has 0 radical (unpaired) electrons. The maximum atomic E-state index is 11.5. The molecule has 1 nitrogen and oxygen atoms in total. The average molecular weight is 325 g/mol. The van der Waals surface area contributed by atoms with Crippen LogP contribution in [0.5, 0.6) is 0 Å². The largest absolute Gasteiger partial charge is 0.300 e. The van der Waals surface area contributed by atoms with Gasteiger partial charge in [-0.15, -0.1) is 0 Å². The van der Waals surface area contributed by atoms with Crippen molar-refractivity contribution in [2.24, 2.45) is 5.92 Å². The fraction of sp³-hybridized carbons (Fsp3) is 0.955. The highest BCUT2D eigenvalue weighted by Gasteiger charge is 2.11. The van der Waals surface area contributed by atoms with Gasteiger partial charge in [-0.1, -0.05) is 117 Å². The topological polar surface area (TPSA) is 17.1 Å². The van der Waals surface area contributed by atoms with Crippen molar-refractivity contribution in [2.45, 2.75) is 130 Å². The minimum atomic E-state index is 0.390. The van der Waals surface area contributed by atoms with Crippen molar-refractivity contribution >= 4 is 5.78 Å². The van der Waals surface area contributed by atoms with Crippen LogP contribution in [0, 0.1) is 5.92 Å². The first-order valence-electron chi connectivity index (χ1n) is 10.7. The maximum Gasteiger partial charge on any atom is 0.130 e. The predicted molar refractivity (Wildman–Crippen MR) is 104 cm³/mol. The zero-order valence-corrected chi connectivity index (χ0v) is 16.5. The summed E-state index contributed by atoms with van der Waals surface area (Å²) >= 11 is 0. The van der Waals surface area contributed by atoms with Crippen LogP contribution >= 0.6 is 0 Å². The third kappa shape index (κ3) is 17.9. The van der Waals surface area contributed by atoms with Crippen LogP contribution in [0.15, 0.2) is 0 Å². The molecule has 0 aromatic heterocycles. The normalized spacial score (nSPS) is 11.3. The minimum Gasteiger partial charge on any atom is -0.300 e. The molecule has 0 atom stereocenters. The van der Waals surface area contributed by atoms with Crippen molar-refractivity contribution in [2.75, 3.05) is 0 Å². The van der Waals surface area contributed by atoms with Crippen LogP contribution in [-0.2, 0) is 4.79 Å². The van der Waals surface area contributed by atoms with Crippen LogP contribution in [0.2, 0.25) is 0 Å². The summed E-state index contributed by atoms with van der Waals surface area (Å²) in [4.78, 5) is 11.5. The quantitative estimate of drug-likeness (QED) is 0.234. The van der Waals surface area contributed by atoms with E-state index in [0.29, 0.717) is 11.7 Å². The molecular weight excluding hydrogens is 280 g/mol. The molecule has 0 aromatic carbocycles. The van der Waals surface area contributed by atoms with Gasteiger partial charge in [0.2, 0.25) is 0 Å². The fourth-order valence-electron chi connectivity index (χ4n) is 3.54. The van der Waals surface area contributed by atoms with Gasteiger partial charge in [0, 0.05) is 6.42 Å². The Hall–Kier alpha value is -0.330. The highest BCUT2D eigenvalue weighted by molar-refractivity contribution is 5.75. The Kier molecular flexibility index (Phi) is 17.8. The molecule has 0 aliphatic rings. The number of hydrogen-bond acceptors (Lipinski definition) is 1. The fourth-order valence-corrected chi connectivity index (χ4v) is 3.54. The van der Waals surface area contributed by atoms with E-state index in [2.05, 4.69) is 13.8 Å². The molecule has 0 saturated heterocycles. The minimum absolute atomic E-state index is 0.390. The molecule has 0 unspecified atom stereocenters. The molecule has 0 heterocycles. The van der Waals surface area contributed by atoms with E-state index in [1.54, 1.807) is 6.92 Å². The molecule has 0 amide bonds. The lowest BCUT2D eigenvalue weighted by Crippen LogP contribution is -2.06. The van der Waals surface area contributed by atoms with Crippen LogP contribution in [0.4, 0.5) is 0 Å². The number of unbranched alkanes of at least 4 members (excludes halogenated alkanes) is 12. The summed E-state index contributed by atoms with van der Waals surface area (Å²) in [7, 11) is 0. The lowest BCUT2D eigenvalue weighted by atomic mass is 9.90. The molecule has 23 heavy (non-hydrogen) atoms. The Balaban J connectivity index is 3.62. The van der Waals surface area contributed by atoms with Crippen molar-refractivity contribution in [3.05, 3.63) is 0 Å². The van der Waals surface area contributed by atoms with E-state index in [0.717, 1.165) is 6.42 Å². The number of rotatable bonds is 18. The van der Waals surface area contributed by atoms with Gasteiger partial charge in [0.1, 0.15) is 5.78 Å². The number of hydrogen-bond donors (Lipinski definition) is 0. The predicted octanol–water partition coefficient (Wildman–Crippen LogP) is 7.86. The smallest absolute Gasteiger partial charge is 0.130 e. The molecule has 138 valence electrons. The van der Waals surface area contributed by atoms with Gasteiger partial charge in [-0.2, -0.15) is 0 Å².